The Morgan fingerprint density at radius 1 is 1.00 bits per heavy atom. The summed E-state index contributed by atoms with van der Waals surface area (Å²) in [5.74, 6) is 6.67. The number of ketones is 1. The van der Waals surface area contributed by atoms with E-state index in [1.54, 1.807) is 0 Å². The highest BCUT2D eigenvalue weighted by Crippen LogP contribution is 2.21. The van der Waals surface area contributed by atoms with Crippen LogP contribution in [-0.2, 0) is 0 Å². The molecule has 0 aliphatic heterocycles. The van der Waals surface area contributed by atoms with E-state index in [2.05, 4.69) is 30.9 Å². The average Bonchev–Trinajstić information content (AvgIpc) is 2.59. The van der Waals surface area contributed by atoms with Gasteiger partial charge < -0.3 is 0 Å². The van der Waals surface area contributed by atoms with Gasteiger partial charge in [-0.1, -0.05) is 79.9 Å². The number of benzene rings is 2. The zero-order valence-corrected chi connectivity index (χ0v) is 13.1. The smallest absolute Gasteiger partial charge is 0.164 e. The lowest BCUT2D eigenvalue weighted by molar-refractivity contribution is 0.0979. The SMILES string of the molecule is CCCCC#CC(CC(=O)c1ccccc1)c1ccccc1. The van der Waals surface area contributed by atoms with E-state index < -0.39 is 0 Å². The van der Waals surface area contributed by atoms with Gasteiger partial charge in [0.15, 0.2) is 5.78 Å². The van der Waals surface area contributed by atoms with E-state index in [1.165, 1.54) is 0 Å². The van der Waals surface area contributed by atoms with Gasteiger partial charge in [0.05, 0.1) is 5.92 Å². The summed E-state index contributed by atoms with van der Waals surface area (Å²) in [6.45, 7) is 2.16. The second-order valence-corrected chi connectivity index (χ2v) is 5.38. The van der Waals surface area contributed by atoms with E-state index in [9.17, 15) is 4.79 Å². The summed E-state index contributed by atoms with van der Waals surface area (Å²) in [6.07, 6.45) is 3.60. The van der Waals surface area contributed by atoms with Gasteiger partial charge in [-0.25, -0.2) is 0 Å². The van der Waals surface area contributed by atoms with Crippen LogP contribution in [-0.4, -0.2) is 5.78 Å². The number of unbranched alkanes of at least 4 members (excludes halogenated alkanes) is 2. The maximum Gasteiger partial charge on any atom is 0.164 e. The minimum absolute atomic E-state index is 0.0224. The van der Waals surface area contributed by atoms with Crippen LogP contribution in [0, 0.1) is 11.8 Å². The van der Waals surface area contributed by atoms with E-state index in [0.29, 0.717) is 6.42 Å². The normalized spacial score (nSPS) is 11.3. The maximum atomic E-state index is 12.4. The van der Waals surface area contributed by atoms with Crippen molar-refractivity contribution in [2.75, 3.05) is 0 Å². The molecule has 0 radical (unpaired) electrons. The van der Waals surface area contributed by atoms with Crippen molar-refractivity contribution in [2.24, 2.45) is 0 Å². The lowest BCUT2D eigenvalue weighted by Gasteiger charge is -2.10. The monoisotopic (exact) mass is 290 g/mol. The molecule has 0 bridgehead atoms. The Hall–Kier alpha value is -2.33. The van der Waals surface area contributed by atoms with E-state index >= 15 is 0 Å². The fourth-order valence-electron chi connectivity index (χ4n) is 2.33. The van der Waals surface area contributed by atoms with Crippen molar-refractivity contribution in [3.05, 3.63) is 71.8 Å². The first-order chi connectivity index (χ1) is 10.8. The van der Waals surface area contributed by atoms with Crippen LogP contribution < -0.4 is 0 Å². The molecule has 2 aromatic carbocycles. The predicted octanol–water partition coefficient (Wildman–Crippen LogP) is 5.24. The Morgan fingerprint density at radius 2 is 1.64 bits per heavy atom. The Bertz CT molecular complexity index is 632. The molecule has 2 aromatic rings. The lowest BCUT2D eigenvalue weighted by atomic mass is 9.92. The fourth-order valence-corrected chi connectivity index (χ4v) is 2.33. The van der Waals surface area contributed by atoms with Gasteiger partial charge in [0, 0.05) is 18.4 Å². The fraction of sp³-hybridized carbons (Fsp3) is 0.286. The highest BCUT2D eigenvalue weighted by atomic mass is 16.1. The molecular formula is C21H22O. The zero-order chi connectivity index (χ0) is 15.6. The summed E-state index contributed by atoms with van der Waals surface area (Å²) in [4.78, 5) is 12.4. The lowest BCUT2D eigenvalue weighted by Crippen LogP contribution is -2.06. The Kier molecular flexibility index (Phi) is 6.45. The molecule has 0 N–H and O–H groups in total. The number of Topliss-reactive ketones (excluding diaryl/α,β-unsaturated/α-hetero) is 1. The van der Waals surface area contributed by atoms with Crippen molar-refractivity contribution in [1.29, 1.82) is 0 Å². The minimum Gasteiger partial charge on any atom is -0.294 e. The quantitative estimate of drug-likeness (QED) is 0.404. The molecule has 1 nitrogen and oxygen atoms in total. The summed E-state index contributed by atoms with van der Waals surface area (Å²) in [5, 5.41) is 0. The van der Waals surface area contributed by atoms with Gasteiger partial charge in [-0.2, -0.15) is 0 Å². The van der Waals surface area contributed by atoms with Gasteiger partial charge in [-0.15, -0.1) is 5.92 Å². The first-order valence-electron chi connectivity index (χ1n) is 7.93. The minimum atomic E-state index is -0.0224. The van der Waals surface area contributed by atoms with E-state index in [0.717, 1.165) is 30.4 Å². The van der Waals surface area contributed by atoms with E-state index in [4.69, 9.17) is 0 Å². The van der Waals surface area contributed by atoms with Crippen molar-refractivity contribution < 1.29 is 4.79 Å². The molecule has 112 valence electrons. The summed E-state index contributed by atoms with van der Waals surface area (Å²) in [5.41, 5.74) is 1.88. The van der Waals surface area contributed by atoms with Crippen LogP contribution >= 0.6 is 0 Å². The van der Waals surface area contributed by atoms with Crippen molar-refractivity contribution >= 4 is 5.78 Å². The van der Waals surface area contributed by atoms with Crippen molar-refractivity contribution in [3.8, 4) is 11.8 Å². The van der Waals surface area contributed by atoms with Crippen LogP contribution in [0.3, 0.4) is 0 Å². The number of rotatable bonds is 6. The molecular weight excluding hydrogens is 268 g/mol. The largest absolute Gasteiger partial charge is 0.294 e. The maximum absolute atomic E-state index is 12.4. The zero-order valence-electron chi connectivity index (χ0n) is 13.1. The van der Waals surface area contributed by atoms with Gasteiger partial charge in [-0.3, -0.25) is 4.79 Å². The molecule has 2 rings (SSSR count). The van der Waals surface area contributed by atoms with Gasteiger partial charge >= 0.3 is 0 Å². The van der Waals surface area contributed by atoms with Crippen LogP contribution in [0.15, 0.2) is 60.7 Å². The van der Waals surface area contributed by atoms with Crippen molar-refractivity contribution in [1.82, 2.24) is 0 Å². The molecule has 0 fully saturated rings. The molecule has 0 saturated carbocycles. The molecule has 0 aliphatic carbocycles. The highest BCUT2D eigenvalue weighted by molar-refractivity contribution is 5.96. The topological polar surface area (TPSA) is 17.1 Å². The molecule has 1 heteroatoms. The van der Waals surface area contributed by atoms with E-state index in [-0.39, 0.29) is 11.7 Å². The third kappa shape index (κ3) is 4.90. The van der Waals surface area contributed by atoms with Gasteiger partial charge in [-0.05, 0) is 12.0 Å². The molecule has 0 amide bonds. The molecule has 0 saturated heterocycles. The van der Waals surface area contributed by atoms with Crippen LogP contribution in [0.1, 0.15) is 54.4 Å². The number of hydrogen-bond acceptors (Lipinski definition) is 1. The van der Waals surface area contributed by atoms with Gasteiger partial charge in [0.25, 0.3) is 0 Å². The van der Waals surface area contributed by atoms with Gasteiger partial charge in [0.2, 0.25) is 0 Å². The van der Waals surface area contributed by atoms with Crippen LogP contribution in [0.4, 0.5) is 0 Å². The molecule has 0 aromatic heterocycles. The summed E-state index contributed by atoms with van der Waals surface area (Å²) >= 11 is 0. The third-order valence-corrected chi connectivity index (χ3v) is 3.62. The number of carbonyl (C=O) groups is 1. The van der Waals surface area contributed by atoms with Crippen molar-refractivity contribution in [2.45, 2.75) is 38.5 Å². The van der Waals surface area contributed by atoms with Crippen LogP contribution in [0.2, 0.25) is 0 Å². The Balaban J connectivity index is 2.14. The summed E-state index contributed by atoms with van der Waals surface area (Å²) < 4.78 is 0. The first-order valence-corrected chi connectivity index (χ1v) is 7.93. The van der Waals surface area contributed by atoms with Crippen LogP contribution in [0.5, 0.6) is 0 Å². The average molecular weight is 290 g/mol. The summed E-state index contributed by atoms with van der Waals surface area (Å²) in [7, 11) is 0. The molecule has 22 heavy (non-hydrogen) atoms. The predicted molar refractivity (Wildman–Crippen MR) is 91.9 cm³/mol. The van der Waals surface area contributed by atoms with Gasteiger partial charge in [0.1, 0.15) is 0 Å². The molecule has 1 atom stereocenters. The Morgan fingerprint density at radius 3 is 2.27 bits per heavy atom. The summed E-state index contributed by atoms with van der Waals surface area (Å²) in [6, 6.07) is 19.6. The third-order valence-electron chi connectivity index (χ3n) is 3.62. The van der Waals surface area contributed by atoms with E-state index in [1.807, 2.05) is 48.5 Å². The van der Waals surface area contributed by atoms with Crippen molar-refractivity contribution in [3.63, 3.8) is 0 Å². The Labute approximate surface area is 133 Å². The standard InChI is InChI=1S/C21H22O/c1-2-3-4-7-16-20(18-12-8-5-9-13-18)17-21(22)19-14-10-6-11-15-19/h5-6,8-15,20H,2-4,17H2,1H3. The molecule has 0 spiro atoms. The second kappa shape index (κ2) is 8.85. The number of carbonyl (C=O) groups excluding carboxylic acids is 1. The molecule has 0 heterocycles. The second-order valence-electron chi connectivity index (χ2n) is 5.38. The first kappa shape index (κ1) is 16.0. The number of hydrogen-bond donors (Lipinski definition) is 0. The van der Waals surface area contributed by atoms with Crippen LogP contribution in [0.25, 0.3) is 0 Å². The highest BCUT2D eigenvalue weighted by Gasteiger charge is 2.14. The molecule has 0 aliphatic rings. The molecule has 1 unspecified atom stereocenters.